The van der Waals surface area contributed by atoms with Crippen LogP contribution in [0.3, 0.4) is 0 Å². The van der Waals surface area contributed by atoms with Gasteiger partial charge in [0.1, 0.15) is 17.1 Å². The molecule has 0 spiro atoms. The Labute approximate surface area is 153 Å². The lowest BCUT2D eigenvalue weighted by molar-refractivity contribution is -0.696. The van der Waals surface area contributed by atoms with Crippen LogP contribution >= 0.6 is 0 Å². The van der Waals surface area contributed by atoms with Gasteiger partial charge in [0, 0.05) is 17.7 Å². The molecule has 136 valence electrons. The summed E-state index contributed by atoms with van der Waals surface area (Å²) in [7, 11) is 8.25. The van der Waals surface area contributed by atoms with Crippen molar-refractivity contribution in [2.24, 2.45) is 14.1 Å². The summed E-state index contributed by atoms with van der Waals surface area (Å²) in [5.41, 5.74) is 2.39. The molecule has 0 bridgehead atoms. The Morgan fingerprint density at radius 2 is 1.72 bits per heavy atom. The fourth-order valence-electron chi connectivity index (χ4n) is 2.44. The van der Waals surface area contributed by atoms with E-state index in [0.717, 1.165) is 17.0 Å². The molecule has 7 heteroatoms. The van der Waals surface area contributed by atoms with Crippen molar-refractivity contribution in [2.45, 2.75) is 6.92 Å². The second kappa shape index (κ2) is 8.58. The number of ether oxygens (including phenoxy) is 3. The van der Waals surface area contributed by atoms with Crippen LogP contribution in [0.25, 0.3) is 12.2 Å². The zero-order valence-electron chi connectivity index (χ0n) is 15.3. The van der Waals surface area contributed by atoms with Gasteiger partial charge in [-0.15, -0.1) is 0 Å². The van der Waals surface area contributed by atoms with Crippen LogP contribution in [-0.4, -0.2) is 25.9 Å². The Hall–Kier alpha value is -2.47. The lowest BCUT2D eigenvalue weighted by Crippen LogP contribution is -3.00. The average molecular weight is 367 g/mol. The molecule has 0 aliphatic heterocycles. The second-order valence-electron chi connectivity index (χ2n) is 5.40. The predicted octanol–water partition coefficient (Wildman–Crippen LogP) is -1.28. The van der Waals surface area contributed by atoms with E-state index in [1.165, 1.54) is 0 Å². The van der Waals surface area contributed by atoms with Crippen LogP contribution in [0.1, 0.15) is 17.0 Å². The maximum Gasteiger partial charge on any atom is 0.498 e. The first-order valence-corrected chi connectivity index (χ1v) is 7.47. The summed E-state index contributed by atoms with van der Waals surface area (Å²) >= 11 is 0. The van der Waals surface area contributed by atoms with Gasteiger partial charge in [-0.1, -0.05) is 0 Å². The van der Waals surface area contributed by atoms with E-state index in [4.69, 9.17) is 14.2 Å². The van der Waals surface area contributed by atoms with Crippen LogP contribution in [-0.2, 0) is 14.1 Å². The van der Waals surface area contributed by atoms with Gasteiger partial charge in [-0.2, -0.15) is 13.9 Å². The fourth-order valence-corrected chi connectivity index (χ4v) is 2.44. The third-order valence-corrected chi connectivity index (χ3v) is 4.00. The normalized spacial score (nSPS) is 10.5. The lowest BCUT2D eigenvalue weighted by atomic mass is 10.1. The molecule has 1 heterocycles. The Morgan fingerprint density at radius 3 is 2.28 bits per heavy atom. The third-order valence-electron chi connectivity index (χ3n) is 4.00. The Balaban J connectivity index is 0.00000312. The molecule has 0 saturated carbocycles. The Kier molecular flexibility index (Phi) is 7.06. The SMILES string of the molecule is COc1cc(C=Cc2cc(C)[n+](C)c(=O)n2C)c(OC)c(OC)c1.[Cl-]. The highest BCUT2D eigenvalue weighted by Gasteiger charge is 2.14. The number of benzene rings is 1. The second-order valence-corrected chi connectivity index (χ2v) is 5.40. The largest absolute Gasteiger partial charge is 1.00 e. The summed E-state index contributed by atoms with van der Waals surface area (Å²) < 4.78 is 19.3. The maximum absolute atomic E-state index is 12.2. The number of hydrogen-bond acceptors (Lipinski definition) is 4. The van der Waals surface area contributed by atoms with E-state index in [0.29, 0.717) is 17.2 Å². The van der Waals surface area contributed by atoms with Crippen molar-refractivity contribution < 1.29 is 31.2 Å². The van der Waals surface area contributed by atoms with Gasteiger partial charge in [0.05, 0.1) is 35.4 Å². The van der Waals surface area contributed by atoms with E-state index in [1.807, 2.05) is 31.2 Å². The smallest absolute Gasteiger partial charge is 0.498 e. The van der Waals surface area contributed by atoms with Crippen LogP contribution in [0.15, 0.2) is 23.0 Å². The van der Waals surface area contributed by atoms with Gasteiger partial charge in [-0.25, -0.2) is 0 Å². The van der Waals surface area contributed by atoms with Crippen LogP contribution < -0.4 is 36.9 Å². The van der Waals surface area contributed by atoms with Gasteiger partial charge in [0.15, 0.2) is 11.5 Å². The number of nitrogens with zero attached hydrogens (tertiary/aromatic N) is 2. The van der Waals surface area contributed by atoms with Crippen LogP contribution in [0, 0.1) is 6.92 Å². The molecule has 0 radical (unpaired) electrons. The molecule has 0 unspecified atom stereocenters. The van der Waals surface area contributed by atoms with Gasteiger partial charge in [0.25, 0.3) is 0 Å². The highest BCUT2D eigenvalue weighted by molar-refractivity contribution is 5.74. The van der Waals surface area contributed by atoms with Gasteiger partial charge < -0.3 is 26.6 Å². The van der Waals surface area contributed by atoms with E-state index >= 15 is 0 Å². The molecule has 0 atom stereocenters. The highest BCUT2D eigenvalue weighted by atomic mass is 35.5. The molecule has 1 aromatic carbocycles. The summed E-state index contributed by atoms with van der Waals surface area (Å²) in [6, 6.07) is 5.56. The first kappa shape index (κ1) is 20.6. The fraction of sp³-hybridized carbons (Fsp3) is 0.333. The summed E-state index contributed by atoms with van der Waals surface area (Å²) in [5.74, 6) is 1.86. The topological polar surface area (TPSA) is 53.6 Å². The standard InChI is InChI=1S/C18H23N2O4.ClH/c1-12-9-14(20(3)18(21)19(12)2)8-7-13-10-15(22-4)11-16(23-5)17(13)24-6;/h7-11H,1-6H3;1H/q+1;/p-1. The molecule has 2 rings (SSSR count). The van der Waals surface area contributed by atoms with E-state index in [1.54, 1.807) is 50.6 Å². The van der Waals surface area contributed by atoms with E-state index in [2.05, 4.69) is 0 Å². The molecule has 0 fully saturated rings. The summed E-state index contributed by atoms with van der Waals surface area (Å²) in [5, 5.41) is 0. The number of hydrogen-bond donors (Lipinski definition) is 0. The van der Waals surface area contributed by atoms with Crippen molar-refractivity contribution in [3.8, 4) is 17.2 Å². The van der Waals surface area contributed by atoms with Gasteiger partial charge in [-0.05, 0) is 25.1 Å². The zero-order valence-corrected chi connectivity index (χ0v) is 16.0. The van der Waals surface area contributed by atoms with E-state index in [9.17, 15) is 4.79 Å². The van der Waals surface area contributed by atoms with Crippen molar-refractivity contribution in [1.82, 2.24) is 4.57 Å². The van der Waals surface area contributed by atoms with Gasteiger partial charge in [0.2, 0.25) is 0 Å². The number of aryl methyl sites for hydroxylation is 1. The summed E-state index contributed by atoms with van der Waals surface area (Å²) in [6.07, 6.45) is 3.74. The van der Waals surface area contributed by atoms with Crippen LogP contribution in [0.2, 0.25) is 0 Å². The van der Waals surface area contributed by atoms with E-state index < -0.39 is 0 Å². The zero-order chi connectivity index (χ0) is 17.9. The molecule has 0 N–H and O–H groups in total. The Bertz CT molecular complexity index is 844. The van der Waals surface area contributed by atoms with Crippen molar-refractivity contribution in [1.29, 1.82) is 0 Å². The molecule has 1 aromatic heterocycles. The van der Waals surface area contributed by atoms with Crippen molar-refractivity contribution >= 4 is 12.2 Å². The molecule has 0 saturated heterocycles. The van der Waals surface area contributed by atoms with Crippen molar-refractivity contribution in [2.75, 3.05) is 21.3 Å². The van der Waals surface area contributed by atoms with E-state index in [-0.39, 0.29) is 18.1 Å². The average Bonchev–Trinajstić information content (AvgIpc) is 2.60. The maximum atomic E-state index is 12.2. The summed E-state index contributed by atoms with van der Waals surface area (Å²) in [6.45, 7) is 1.90. The molecular formula is C18H23ClN2O4. The minimum atomic E-state index is -0.0789. The minimum Gasteiger partial charge on any atom is -1.00 e. The number of methoxy groups -OCH3 is 3. The molecule has 2 aromatic rings. The number of halogens is 1. The Morgan fingerprint density at radius 1 is 1.04 bits per heavy atom. The molecule has 0 amide bonds. The molecular weight excluding hydrogens is 344 g/mol. The molecule has 0 aliphatic rings. The van der Waals surface area contributed by atoms with Gasteiger partial charge in [-0.3, -0.25) is 0 Å². The molecule has 6 nitrogen and oxygen atoms in total. The first-order chi connectivity index (χ1) is 11.4. The molecule has 0 aliphatic carbocycles. The van der Waals surface area contributed by atoms with Gasteiger partial charge >= 0.3 is 5.69 Å². The first-order valence-electron chi connectivity index (χ1n) is 7.47. The number of rotatable bonds is 5. The quantitative estimate of drug-likeness (QED) is 0.619. The van der Waals surface area contributed by atoms with Crippen LogP contribution in [0.4, 0.5) is 0 Å². The lowest BCUT2D eigenvalue weighted by Gasteiger charge is -2.12. The van der Waals surface area contributed by atoms with Crippen molar-refractivity contribution in [3.63, 3.8) is 0 Å². The highest BCUT2D eigenvalue weighted by Crippen LogP contribution is 2.36. The van der Waals surface area contributed by atoms with Crippen molar-refractivity contribution in [3.05, 3.63) is 45.6 Å². The minimum absolute atomic E-state index is 0. The molecule has 25 heavy (non-hydrogen) atoms. The monoisotopic (exact) mass is 366 g/mol. The number of aromatic nitrogens is 2. The predicted molar refractivity (Wildman–Crippen MR) is 92.6 cm³/mol. The van der Waals surface area contributed by atoms with Crippen LogP contribution in [0.5, 0.6) is 17.2 Å². The summed E-state index contributed by atoms with van der Waals surface area (Å²) in [4.78, 5) is 12.2. The third kappa shape index (κ3) is 4.14.